The molecule has 0 amide bonds. The molecule has 0 aliphatic rings. The molecule has 4 N–H and O–H groups in total. The Hall–Kier alpha value is -1.39. The van der Waals surface area contributed by atoms with Crippen LogP contribution in [-0.2, 0) is 11.3 Å². The highest BCUT2D eigenvalue weighted by atomic mass is 16.5. The predicted octanol–water partition coefficient (Wildman–Crippen LogP) is 1.17. The zero-order valence-electron chi connectivity index (χ0n) is 8.94. The molecule has 82 valence electrons. The lowest BCUT2D eigenvalue weighted by Crippen LogP contribution is -2.13. The highest BCUT2D eigenvalue weighted by molar-refractivity contribution is 5.83. The van der Waals surface area contributed by atoms with E-state index in [0.717, 1.165) is 11.3 Å². The average Bonchev–Trinajstić information content (AvgIpc) is 2.26. The normalized spacial score (nSPS) is 11.7. The van der Waals surface area contributed by atoms with E-state index in [-0.39, 0.29) is 0 Å². The summed E-state index contributed by atoms with van der Waals surface area (Å²) in [5.41, 5.74) is 13.1. The van der Waals surface area contributed by atoms with Gasteiger partial charge in [-0.25, -0.2) is 4.99 Å². The van der Waals surface area contributed by atoms with E-state index in [1.165, 1.54) is 0 Å². The van der Waals surface area contributed by atoms with E-state index >= 15 is 0 Å². The number of hydrogen-bond acceptors (Lipinski definition) is 3. The highest BCUT2D eigenvalue weighted by Crippen LogP contribution is 2.13. The van der Waals surface area contributed by atoms with Gasteiger partial charge in [0.05, 0.1) is 12.3 Å². The van der Waals surface area contributed by atoms with Crippen LogP contribution >= 0.6 is 0 Å². The molecule has 0 unspecified atom stereocenters. The van der Waals surface area contributed by atoms with E-state index in [1.54, 1.807) is 7.11 Å². The van der Waals surface area contributed by atoms with Gasteiger partial charge in [-0.1, -0.05) is 12.1 Å². The van der Waals surface area contributed by atoms with Crippen LogP contribution in [0.5, 0.6) is 0 Å². The number of nitrogens with zero attached hydrogens (tertiary/aromatic N) is 1. The number of aliphatic imine (C=N–C) groups is 1. The van der Waals surface area contributed by atoms with Crippen LogP contribution in [0, 0.1) is 0 Å². The molecule has 0 aliphatic heterocycles. The fourth-order valence-corrected chi connectivity index (χ4v) is 1.18. The Balaban J connectivity index is 2.69. The summed E-state index contributed by atoms with van der Waals surface area (Å²) >= 11 is 0. The molecule has 0 aromatic heterocycles. The molecule has 0 fully saturated rings. The van der Waals surface area contributed by atoms with Crippen LogP contribution in [0.2, 0.25) is 0 Å². The van der Waals surface area contributed by atoms with Gasteiger partial charge in [0.1, 0.15) is 5.84 Å². The first-order valence-corrected chi connectivity index (χ1v) is 4.87. The first kappa shape index (κ1) is 11.7. The third-order valence-corrected chi connectivity index (χ3v) is 1.98. The van der Waals surface area contributed by atoms with Crippen molar-refractivity contribution in [3.05, 3.63) is 29.8 Å². The maximum atomic E-state index is 5.72. The van der Waals surface area contributed by atoms with Gasteiger partial charge >= 0.3 is 0 Å². The fourth-order valence-electron chi connectivity index (χ4n) is 1.18. The highest BCUT2D eigenvalue weighted by Gasteiger charge is 1.95. The van der Waals surface area contributed by atoms with Crippen molar-refractivity contribution >= 4 is 11.5 Å². The zero-order chi connectivity index (χ0) is 11.1. The van der Waals surface area contributed by atoms with Crippen molar-refractivity contribution in [1.29, 1.82) is 0 Å². The number of benzene rings is 1. The van der Waals surface area contributed by atoms with Gasteiger partial charge in [-0.05, 0) is 17.7 Å². The van der Waals surface area contributed by atoms with Crippen LogP contribution in [-0.4, -0.2) is 19.6 Å². The topological polar surface area (TPSA) is 73.6 Å². The summed E-state index contributed by atoms with van der Waals surface area (Å²) in [5.74, 6) is 0.575. The van der Waals surface area contributed by atoms with Gasteiger partial charge in [0.15, 0.2) is 0 Å². The first-order valence-electron chi connectivity index (χ1n) is 4.87. The summed E-state index contributed by atoms with van der Waals surface area (Å²) in [4.78, 5) is 4.26. The smallest absolute Gasteiger partial charge is 0.102 e. The minimum Gasteiger partial charge on any atom is -0.387 e. The largest absolute Gasteiger partial charge is 0.387 e. The summed E-state index contributed by atoms with van der Waals surface area (Å²) in [7, 11) is 1.64. The molecular weight excluding hydrogens is 190 g/mol. The van der Waals surface area contributed by atoms with Crippen LogP contribution in [0.1, 0.15) is 12.0 Å². The number of nitrogens with two attached hydrogens (primary N) is 2. The third-order valence-electron chi connectivity index (χ3n) is 1.98. The first-order chi connectivity index (χ1) is 7.26. The third kappa shape index (κ3) is 4.10. The molecule has 0 saturated carbocycles. The molecule has 0 saturated heterocycles. The SMILES string of the molecule is COCCC(N)=Nc1cccc(CN)c1. The summed E-state index contributed by atoms with van der Waals surface area (Å²) < 4.78 is 4.91. The van der Waals surface area contributed by atoms with Crippen LogP contribution < -0.4 is 11.5 Å². The van der Waals surface area contributed by atoms with Gasteiger partial charge in [-0.2, -0.15) is 0 Å². The molecule has 0 spiro atoms. The lowest BCUT2D eigenvalue weighted by Gasteiger charge is -2.01. The van der Waals surface area contributed by atoms with Gasteiger partial charge in [0.25, 0.3) is 0 Å². The molecular formula is C11H17N3O. The van der Waals surface area contributed by atoms with Gasteiger partial charge in [0, 0.05) is 20.1 Å². The van der Waals surface area contributed by atoms with Crippen molar-refractivity contribution in [3.63, 3.8) is 0 Å². The molecule has 0 heterocycles. The summed E-state index contributed by atoms with van der Waals surface area (Å²) in [6.45, 7) is 1.10. The molecule has 0 atom stereocenters. The number of amidine groups is 1. The Morgan fingerprint density at radius 3 is 2.93 bits per heavy atom. The van der Waals surface area contributed by atoms with Crippen LogP contribution in [0.15, 0.2) is 29.3 Å². The maximum Gasteiger partial charge on any atom is 0.102 e. The fraction of sp³-hybridized carbons (Fsp3) is 0.364. The molecule has 0 radical (unpaired) electrons. The van der Waals surface area contributed by atoms with E-state index in [1.807, 2.05) is 24.3 Å². The molecule has 0 aliphatic carbocycles. The second kappa shape index (κ2) is 6.16. The van der Waals surface area contributed by atoms with E-state index in [0.29, 0.717) is 25.4 Å². The zero-order valence-corrected chi connectivity index (χ0v) is 8.94. The van der Waals surface area contributed by atoms with Gasteiger partial charge < -0.3 is 16.2 Å². The predicted molar refractivity (Wildman–Crippen MR) is 62.1 cm³/mol. The van der Waals surface area contributed by atoms with Crippen molar-refractivity contribution in [2.75, 3.05) is 13.7 Å². The van der Waals surface area contributed by atoms with Crippen molar-refractivity contribution in [1.82, 2.24) is 0 Å². The van der Waals surface area contributed by atoms with Crippen LogP contribution in [0.3, 0.4) is 0 Å². The standard InChI is InChI=1S/C11H17N3O/c1-15-6-5-11(13)14-10-4-2-3-9(7-10)8-12/h2-4,7H,5-6,8,12H2,1H3,(H2,13,14). The van der Waals surface area contributed by atoms with Gasteiger partial charge in [-0.3, -0.25) is 0 Å². The molecule has 15 heavy (non-hydrogen) atoms. The Kier molecular flexibility index (Phi) is 4.80. The number of hydrogen-bond donors (Lipinski definition) is 2. The van der Waals surface area contributed by atoms with Gasteiger partial charge in [-0.15, -0.1) is 0 Å². The van der Waals surface area contributed by atoms with E-state index in [4.69, 9.17) is 16.2 Å². The number of methoxy groups -OCH3 is 1. The Morgan fingerprint density at radius 1 is 1.47 bits per heavy atom. The molecule has 1 aromatic rings. The second-order valence-electron chi connectivity index (χ2n) is 3.22. The number of ether oxygens (including phenoxy) is 1. The van der Waals surface area contributed by atoms with Crippen LogP contribution in [0.4, 0.5) is 5.69 Å². The maximum absolute atomic E-state index is 5.72. The van der Waals surface area contributed by atoms with Crippen molar-refractivity contribution < 1.29 is 4.74 Å². The number of rotatable bonds is 5. The second-order valence-corrected chi connectivity index (χ2v) is 3.22. The van der Waals surface area contributed by atoms with E-state index in [9.17, 15) is 0 Å². The van der Waals surface area contributed by atoms with Crippen molar-refractivity contribution in [2.24, 2.45) is 16.5 Å². The Labute approximate surface area is 89.9 Å². The summed E-state index contributed by atoms with van der Waals surface area (Å²) in [6, 6.07) is 7.72. The molecule has 1 rings (SSSR count). The Bertz CT molecular complexity index is 336. The van der Waals surface area contributed by atoms with Crippen LogP contribution in [0.25, 0.3) is 0 Å². The molecule has 1 aromatic carbocycles. The molecule has 4 nitrogen and oxygen atoms in total. The summed E-state index contributed by atoms with van der Waals surface area (Å²) in [6.07, 6.45) is 0.642. The lowest BCUT2D eigenvalue weighted by atomic mass is 10.2. The Morgan fingerprint density at radius 2 is 2.27 bits per heavy atom. The van der Waals surface area contributed by atoms with E-state index < -0.39 is 0 Å². The van der Waals surface area contributed by atoms with Crippen molar-refractivity contribution in [2.45, 2.75) is 13.0 Å². The monoisotopic (exact) mass is 207 g/mol. The minimum atomic E-state index is 0.515. The molecule has 4 heteroatoms. The van der Waals surface area contributed by atoms with Gasteiger partial charge in [0.2, 0.25) is 0 Å². The summed E-state index contributed by atoms with van der Waals surface area (Å²) in [5, 5.41) is 0. The lowest BCUT2D eigenvalue weighted by molar-refractivity contribution is 0.207. The minimum absolute atomic E-state index is 0.515. The van der Waals surface area contributed by atoms with Crippen molar-refractivity contribution in [3.8, 4) is 0 Å². The molecule has 0 bridgehead atoms. The average molecular weight is 207 g/mol. The quantitative estimate of drug-likeness (QED) is 0.562. The van der Waals surface area contributed by atoms with E-state index in [2.05, 4.69) is 4.99 Å².